The number of nitrogens with one attached hydrogen (secondary N) is 1. The number of hydrogen-bond acceptors (Lipinski definition) is 3. The Morgan fingerprint density at radius 1 is 1.33 bits per heavy atom. The smallest absolute Gasteiger partial charge is 0.336 e. The highest BCUT2D eigenvalue weighted by Gasteiger charge is 2.69. The van der Waals surface area contributed by atoms with Crippen molar-refractivity contribution in [3.63, 3.8) is 0 Å². The Morgan fingerprint density at radius 3 is 2.33 bits per heavy atom. The Morgan fingerprint density at radius 2 is 1.93 bits per heavy atom. The van der Waals surface area contributed by atoms with Gasteiger partial charge >= 0.3 is 5.97 Å². The number of rotatable bonds is 2. The van der Waals surface area contributed by atoms with Crippen LogP contribution in [0.25, 0.3) is 0 Å². The lowest BCUT2D eigenvalue weighted by Crippen LogP contribution is -2.71. The summed E-state index contributed by atoms with van der Waals surface area (Å²) in [7, 11) is 0. The summed E-state index contributed by atoms with van der Waals surface area (Å²) in [6.07, 6.45) is -0.269. The lowest BCUT2D eigenvalue weighted by molar-refractivity contribution is -0.199. The van der Waals surface area contributed by atoms with E-state index in [1.165, 1.54) is 0 Å². The van der Waals surface area contributed by atoms with Gasteiger partial charge in [0, 0.05) is 0 Å². The van der Waals surface area contributed by atoms with Crippen LogP contribution in [0.3, 0.4) is 0 Å². The van der Waals surface area contributed by atoms with E-state index < -0.39 is 5.54 Å². The second-order valence-corrected chi connectivity index (χ2v) is 5.01. The molecule has 1 amide bonds. The Balaban J connectivity index is 2.33. The third-order valence-corrected chi connectivity index (χ3v) is 3.94. The zero-order valence-electron chi connectivity index (χ0n) is 9.53. The SMILES string of the molecule is CC(C)[C@H](C)C12NC(=O)[C@H](C)[C@@H]1OC2=O. The van der Waals surface area contributed by atoms with Gasteiger partial charge in [-0.15, -0.1) is 0 Å². The Labute approximate surface area is 89.4 Å². The van der Waals surface area contributed by atoms with Crippen molar-refractivity contribution in [3.05, 3.63) is 0 Å². The van der Waals surface area contributed by atoms with Gasteiger partial charge in [0.05, 0.1) is 5.92 Å². The monoisotopic (exact) mass is 211 g/mol. The molecular formula is C11H17NO3. The molecule has 1 N–H and O–H groups in total. The fourth-order valence-corrected chi connectivity index (χ4v) is 2.52. The summed E-state index contributed by atoms with van der Waals surface area (Å²) >= 11 is 0. The van der Waals surface area contributed by atoms with Gasteiger partial charge in [-0.2, -0.15) is 0 Å². The van der Waals surface area contributed by atoms with Crippen molar-refractivity contribution in [1.29, 1.82) is 0 Å². The van der Waals surface area contributed by atoms with Crippen molar-refractivity contribution in [1.82, 2.24) is 5.32 Å². The van der Waals surface area contributed by atoms with Crippen LogP contribution in [0.1, 0.15) is 27.7 Å². The normalized spacial score (nSPS) is 40.6. The summed E-state index contributed by atoms with van der Waals surface area (Å²) in [5.74, 6) is -0.114. The predicted octanol–water partition coefficient (Wildman–Crippen LogP) is 0.709. The van der Waals surface area contributed by atoms with Gasteiger partial charge in [0.2, 0.25) is 5.91 Å². The quantitative estimate of drug-likeness (QED) is 0.684. The van der Waals surface area contributed by atoms with Crippen LogP contribution in [0.5, 0.6) is 0 Å². The van der Waals surface area contributed by atoms with Crippen molar-refractivity contribution >= 4 is 11.9 Å². The maximum Gasteiger partial charge on any atom is 0.336 e. The fraction of sp³-hybridized carbons (Fsp3) is 0.818. The standard InChI is InChI=1S/C11H17NO3/c1-5(2)7(4)11-8(15-10(11)14)6(3)9(13)12-11/h5-8H,1-4H3,(H,12,13)/t6-,7+,8+,11?/m1/s1. The molecule has 0 saturated carbocycles. The van der Waals surface area contributed by atoms with Gasteiger partial charge in [0.15, 0.2) is 5.54 Å². The van der Waals surface area contributed by atoms with Gasteiger partial charge in [-0.1, -0.05) is 20.8 Å². The average Bonchev–Trinajstić information content (AvgIpc) is 2.37. The Kier molecular flexibility index (Phi) is 2.07. The second kappa shape index (κ2) is 2.97. The van der Waals surface area contributed by atoms with Crippen LogP contribution >= 0.6 is 0 Å². The molecule has 0 aliphatic carbocycles. The first-order chi connectivity index (χ1) is 6.91. The van der Waals surface area contributed by atoms with E-state index in [1.807, 2.05) is 6.92 Å². The molecule has 0 bridgehead atoms. The molecule has 2 heterocycles. The first-order valence-electron chi connectivity index (χ1n) is 5.44. The minimum Gasteiger partial charge on any atom is -0.457 e. The highest BCUT2D eigenvalue weighted by molar-refractivity contribution is 5.99. The minimum atomic E-state index is -0.745. The first-order valence-corrected chi connectivity index (χ1v) is 5.44. The molecule has 15 heavy (non-hydrogen) atoms. The summed E-state index contributed by atoms with van der Waals surface area (Å²) in [4.78, 5) is 23.2. The lowest BCUT2D eigenvalue weighted by atomic mass is 9.71. The molecule has 2 saturated heterocycles. The average molecular weight is 211 g/mol. The Hall–Kier alpha value is -1.06. The molecule has 4 nitrogen and oxygen atoms in total. The lowest BCUT2D eigenvalue weighted by Gasteiger charge is -2.47. The zero-order chi connectivity index (χ0) is 11.4. The first kappa shape index (κ1) is 10.5. The van der Waals surface area contributed by atoms with Gasteiger partial charge in [0.1, 0.15) is 6.10 Å². The molecule has 2 fully saturated rings. The fourth-order valence-electron chi connectivity index (χ4n) is 2.52. The van der Waals surface area contributed by atoms with Crippen LogP contribution in [0.15, 0.2) is 0 Å². The largest absolute Gasteiger partial charge is 0.457 e. The van der Waals surface area contributed by atoms with Crippen LogP contribution in [0, 0.1) is 17.8 Å². The molecule has 1 unspecified atom stereocenters. The molecule has 2 rings (SSSR count). The third kappa shape index (κ3) is 1.08. The topological polar surface area (TPSA) is 55.4 Å². The van der Waals surface area contributed by atoms with Gasteiger partial charge in [-0.05, 0) is 18.8 Å². The van der Waals surface area contributed by atoms with Crippen LogP contribution in [-0.2, 0) is 14.3 Å². The van der Waals surface area contributed by atoms with Crippen LogP contribution in [0.2, 0.25) is 0 Å². The number of fused-ring (bicyclic) bond motifs is 1. The molecule has 0 radical (unpaired) electrons. The maximum absolute atomic E-state index is 11.6. The second-order valence-electron chi connectivity index (χ2n) is 5.01. The number of ether oxygens (including phenoxy) is 1. The van der Waals surface area contributed by atoms with Crippen molar-refractivity contribution in [2.45, 2.75) is 39.3 Å². The van der Waals surface area contributed by atoms with E-state index in [0.717, 1.165) is 0 Å². The molecule has 4 atom stereocenters. The van der Waals surface area contributed by atoms with Crippen molar-refractivity contribution in [3.8, 4) is 0 Å². The van der Waals surface area contributed by atoms with E-state index >= 15 is 0 Å². The number of carbonyl (C=O) groups excluding carboxylic acids is 2. The van der Waals surface area contributed by atoms with Crippen molar-refractivity contribution in [2.24, 2.45) is 17.8 Å². The molecule has 2 aliphatic rings. The number of carbonyl (C=O) groups is 2. The highest BCUT2D eigenvalue weighted by Crippen LogP contribution is 2.45. The van der Waals surface area contributed by atoms with E-state index in [-0.39, 0.29) is 29.8 Å². The van der Waals surface area contributed by atoms with Crippen LogP contribution < -0.4 is 5.32 Å². The highest BCUT2D eigenvalue weighted by atomic mass is 16.6. The van der Waals surface area contributed by atoms with E-state index in [4.69, 9.17) is 4.74 Å². The van der Waals surface area contributed by atoms with Gasteiger partial charge in [-0.3, -0.25) is 4.79 Å². The molecule has 0 aromatic rings. The van der Waals surface area contributed by atoms with E-state index in [9.17, 15) is 9.59 Å². The number of amides is 1. The van der Waals surface area contributed by atoms with Crippen LogP contribution in [-0.4, -0.2) is 23.5 Å². The van der Waals surface area contributed by atoms with Gasteiger partial charge in [-0.25, -0.2) is 4.79 Å². The summed E-state index contributed by atoms with van der Waals surface area (Å²) in [6.45, 7) is 7.91. The minimum absolute atomic E-state index is 0.0710. The summed E-state index contributed by atoms with van der Waals surface area (Å²) in [6, 6.07) is 0. The summed E-state index contributed by atoms with van der Waals surface area (Å²) in [5, 5.41) is 2.83. The summed E-state index contributed by atoms with van der Waals surface area (Å²) < 4.78 is 5.10. The predicted molar refractivity (Wildman–Crippen MR) is 53.9 cm³/mol. The van der Waals surface area contributed by atoms with Crippen molar-refractivity contribution in [2.75, 3.05) is 0 Å². The van der Waals surface area contributed by atoms with E-state index in [0.29, 0.717) is 5.92 Å². The molecular weight excluding hydrogens is 194 g/mol. The van der Waals surface area contributed by atoms with E-state index in [1.54, 1.807) is 6.92 Å². The summed E-state index contributed by atoms with van der Waals surface area (Å²) in [5.41, 5.74) is -0.745. The number of hydrogen-bond donors (Lipinski definition) is 1. The van der Waals surface area contributed by atoms with E-state index in [2.05, 4.69) is 19.2 Å². The third-order valence-electron chi connectivity index (χ3n) is 3.94. The zero-order valence-corrected chi connectivity index (χ0v) is 9.53. The van der Waals surface area contributed by atoms with Gasteiger partial charge in [0.25, 0.3) is 0 Å². The van der Waals surface area contributed by atoms with Crippen LogP contribution in [0.4, 0.5) is 0 Å². The molecule has 0 aromatic carbocycles. The number of esters is 1. The molecule has 0 spiro atoms. The Bertz CT molecular complexity index is 326. The molecule has 0 aromatic heterocycles. The molecule has 4 heteroatoms. The van der Waals surface area contributed by atoms with Crippen molar-refractivity contribution < 1.29 is 14.3 Å². The molecule has 84 valence electrons. The maximum atomic E-state index is 11.6. The van der Waals surface area contributed by atoms with Gasteiger partial charge < -0.3 is 10.1 Å². The molecule has 2 aliphatic heterocycles.